The van der Waals surface area contributed by atoms with Crippen molar-refractivity contribution in [3.63, 3.8) is 0 Å². The molecule has 0 spiro atoms. The first-order valence-electron chi connectivity index (χ1n) is 10.8. The minimum Gasteiger partial charge on any atom is -0.339 e. The van der Waals surface area contributed by atoms with Gasteiger partial charge >= 0.3 is 0 Å². The number of amides is 4. The van der Waals surface area contributed by atoms with E-state index in [1.807, 2.05) is 30.3 Å². The molecule has 1 fully saturated rings. The van der Waals surface area contributed by atoms with Crippen molar-refractivity contribution >= 4 is 29.7 Å². The fourth-order valence-corrected chi connectivity index (χ4v) is 4.00. The van der Waals surface area contributed by atoms with Crippen LogP contribution in [0, 0.1) is 0 Å². The molecule has 0 saturated carbocycles. The maximum atomic E-state index is 12.6. The molecule has 0 N–H and O–H groups in total. The van der Waals surface area contributed by atoms with Crippen LogP contribution in [0.2, 0.25) is 0 Å². The Morgan fingerprint density at radius 1 is 0.781 bits per heavy atom. The summed E-state index contributed by atoms with van der Waals surface area (Å²) in [7, 11) is 0. The molecule has 2 aromatic carbocycles. The minimum atomic E-state index is -0.297. The summed E-state index contributed by atoms with van der Waals surface area (Å²) in [6, 6.07) is 16.4. The molecule has 0 unspecified atom stereocenters. The average Bonchev–Trinajstić information content (AvgIpc) is 3.08. The Hall–Kier alpha value is -3.74. The third kappa shape index (κ3) is 4.61. The molecular weight excluding hydrogens is 406 g/mol. The Balaban J connectivity index is 1.21. The molecule has 0 atom stereocenters. The van der Waals surface area contributed by atoms with Crippen molar-refractivity contribution in [1.82, 2.24) is 14.7 Å². The van der Waals surface area contributed by atoms with E-state index in [0.29, 0.717) is 43.7 Å². The second-order valence-corrected chi connectivity index (χ2v) is 7.86. The maximum absolute atomic E-state index is 12.6. The van der Waals surface area contributed by atoms with Crippen LogP contribution in [0.4, 0.5) is 0 Å². The van der Waals surface area contributed by atoms with Gasteiger partial charge in [-0.15, -0.1) is 0 Å². The number of hydrogen-bond donors (Lipinski definition) is 0. The number of hydrogen-bond acceptors (Lipinski definition) is 4. The van der Waals surface area contributed by atoms with E-state index in [1.54, 1.807) is 46.2 Å². The van der Waals surface area contributed by atoms with Crippen LogP contribution in [0.15, 0.2) is 60.7 Å². The summed E-state index contributed by atoms with van der Waals surface area (Å²) in [6.45, 7) is 2.17. The van der Waals surface area contributed by atoms with Gasteiger partial charge in [0.25, 0.3) is 11.8 Å². The molecular formula is C25H25N3O4. The Kier molecular flexibility index (Phi) is 6.44. The Morgan fingerprint density at radius 3 is 1.97 bits per heavy atom. The highest BCUT2D eigenvalue weighted by Gasteiger charge is 2.34. The summed E-state index contributed by atoms with van der Waals surface area (Å²) in [6.07, 6.45) is 4.03. The smallest absolute Gasteiger partial charge is 0.261 e. The Bertz CT molecular complexity index is 1020. The summed E-state index contributed by atoms with van der Waals surface area (Å²) < 4.78 is 0. The predicted molar refractivity (Wildman–Crippen MR) is 120 cm³/mol. The number of carbonyl (C=O) groups excluding carboxylic acids is 4. The first kappa shape index (κ1) is 21.5. The number of imide groups is 1. The molecule has 0 bridgehead atoms. The standard InChI is InChI=1S/C25H25N3O4/c29-22(11-6-14-28-24(31)20-9-4-5-10-21(20)25(28)32)26-15-17-27(18-16-26)23(30)13-12-19-7-2-1-3-8-19/h1-5,7-10,12-13H,6,11,14-18H2/b13-12+. The largest absolute Gasteiger partial charge is 0.339 e. The normalized spacial score (nSPS) is 16.1. The quantitative estimate of drug-likeness (QED) is 0.520. The van der Waals surface area contributed by atoms with Gasteiger partial charge in [0, 0.05) is 45.2 Å². The number of rotatable bonds is 6. The van der Waals surface area contributed by atoms with Gasteiger partial charge < -0.3 is 9.80 Å². The van der Waals surface area contributed by atoms with Crippen molar-refractivity contribution in [1.29, 1.82) is 0 Å². The van der Waals surface area contributed by atoms with Crippen LogP contribution in [0.25, 0.3) is 6.08 Å². The zero-order valence-corrected chi connectivity index (χ0v) is 17.8. The molecule has 2 heterocycles. The van der Waals surface area contributed by atoms with Crippen LogP contribution in [-0.4, -0.2) is 71.1 Å². The van der Waals surface area contributed by atoms with Gasteiger partial charge in [-0.3, -0.25) is 24.1 Å². The van der Waals surface area contributed by atoms with Crippen LogP contribution in [0.5, 0.6) is 0 Å². The van der Waals surface area contributed by atoms with Crippen LogP contribution in [0.3, 0.4) is 0 Å². The van der Waals surface area contributed by atoms with E-state index >= 15 is 0 Å². The molecule has 0 aliphatic carbocycles. The topological polar surface area (TPSA) is 78.0 Å². The Morgan fingerprint density at radius 2 is 1.34 bits per heavy atom. The van der Waals surface area contributed by atoms with Crippen molar-refractivity contribution in [2.45, 2.75) is 12.8 Å². The van der Waals surface area contributed by atoms with Crippen molar-refractivity contribution < 1.29 is 19.2 Å². The summed E-state index contributed by atoms with van der Waals surface area (Å²) in [5.41, 5.74) is 1.81. The van der Waals surface area contributed by atoms with E-state index in [1.165, 1.54) is 4.90 Å². The zero-order valence-electron chi connectivity index (χ0n) is 17.8. The number of carbonyl (C=O) groups is 4. The van der Waals surface area contributed by atoms with E-state index in [2.05, 4.69) is 0 Å². The van der Waals surface area contributed by atoms with E-state index in [-0.39, 0.29) is 36.6 Å². The molecule has 4 amide bonds. The molecule has 2 aliphatic rings. The summed E-state index contributed by atoms with van der Waals surface area (Å²) in [5.74, 6) is -0.678. The number of fused-ring (bicyclic) bond motifs is 1. The van der Waals surface area contributed by atoms with Crippen molar-refractivity contribution in [2.24, 2.45) is 0 Å². The van der Waals surface area contributed by atoms with E-state index in [0.717, 1.165) is 5.56 Å². The van der Waals surface area contributed by atoms with Crippen LogP contribution < -0.4 is 0 Å². The average molecular weight is 431 g/mol. The molecule has 0 radical (unpaired) electrons. The van der Waals surface area contributed by atoms with E-state index < -0.39 is 0 Å². The second kappa shape index (κ2) is 9.60. The highest BCUT2D eigenvalue weighted by molar-refractivity contribution is 6.21. The predicted octanol–water partition coefficient (Wildman–Crippen LogP) is 2.45. The molecule has 2 aliphatic heterocycles. The van der Waals surface area contributed by atoms with E-state index in [4.69, 9.17) is 0 Å². The van der Waals surface area contributed by atoms with Crippen LogP contribution >= 0.6 is 0 Å². The van der Waals surface area contributed by atoms with Gasteiger partial charge in [0.15, 0.2) is 0 Å². The number of nitrogens with zero attached hydrogens (tertiary/aromatic N) is 3. The minimum absolute atomic E-state index is 0.0199. The third-order valence-corrected chi connectivity index (χ3v) is 5.81. The summed E-state index contributed by atoms with van der Waals surface area (Å²) >= 11 is 0. The van der Waals surface area contributed by atoms with Crippen molar-refractivity contribution in [3.05, 3.63) is 77.4 Å². The van der Waals surface area contributed by atoms with Gasteiger partial charge in [-0.1, -0.05) is 42.5 Å². The number of piperazine rings is 1. The lowest BCUT2D eigenvalue weighted by atomic mass is 10.1. The highest BCUT2D eigenvalue weighted by atomic mass is 16.2. The first-order chi connectivity index (χ1) is 15.5. The summed E-state index contributed by atoms with van der Waals surface area (Å²) in [5, 5.41) is 0. The van der Waals surface area contributed by atoms with Gasteiger partial charge in [-0.05, 0) is 30.2 Å². The highest BCUT2D eigenvalue weighted by Crippen LogP contribution is 2.22. The molecule has 32 heavy (non-hydrogen) atoms. The molecule has 164 valence electrons. The lowest BCUT2D eigenvalue weighted by Crippen LogP contribution is -2.50. The molecule has 7 heteroatoms. The van der Waals surface area contributed by atoms with Crippen molar-refractivity contribution in [3.8, 4) is 0 Å². The fraction of sp³-hybridized carbons (Fsp3) is 0.280. The molecule has 4 rings (SSSR count). The zero-order chi connectivity index (χ0) is 22.5. The van der Waals surface area contributed by atoms with Gasteiger partial charge in [0.2, 0.25) is 11.8 Å². The molecule has 2 aromatic rings. The Labute approximate surface area is 186 Å². The van der Waals surface area contributed by atoms with Gasteiger partial charge in [-0.2, -0.15) is 0 Å². The number of benzene rings is 2. The maximum Gasteiger partial charge on any atom is 0.261 e. The van der Waals surface area contributed by atoms with Crippen LogP contribution in [-0.2, 0) is 9.59 Å². The van der Waals surface area contributed by atoms with Gasteiger partial charge in [-0.25, -0.2) is 0 Å². The molecule has 0 aromatic heterocycles. The second-order valence-electron chi connectivity index (χ2n) is 7.86. The monoisotopic (exact) mass is 431 g/mol. The third-order valence-electron chi connectivity index (χ3n) is 5.81. The SMILES string of the molecule is O=C(/C=C/c1ccccc1)N1CCN(C(=O)CCCN2C(=O)c3ccccc3C2=O)CC1. The summed E-state index contributed by atoms with van der Waals surface area (Å²) in [4.78, 5) is 54.4. The van der Waals surface area contributed by atoms with E-state index in [9.17, 15) is 19.2 Å². The lowest BCUT2D eigenvalue weighted by molar-refractivity contribution is -0.137. The van der Waals surface area contributed by atoms with Crippen LogP contribution in [0.1, 0.15) is 39.1 Å². The van der Waals surface area contributed by atoms with Gasteiger partial charge in [0.1, 0.15) is 0 Å². The lowest BCUT2D eigenvalue weighted by Gasteiger charge is -2.34. The molecule has 7 nitrogen and oxygen atoms in total. The van der Waals surface area contributed by atoms with Gasteiger partial charge in [0.05, 0.1) is 11.1 Å². The fourth-order valence-electron chi connectivity index (χ4n) is 4.00. The first-order valence-corrected chi connectivity index (χ1v) is 10.8. The van der Waals surface area contributed by atoms with Crippen molar-refractivity contribution in [2.75, 3.05) is 32.7 Å². The molecule has 1 saturated heterocycles.